The Hall–Kier alpha value is -7.61. The number of piperazine rings is 1. The highest BCUT2D eigenvalue weighted by atomic mass is 35.5. The predicted octanol–water partition coefficient (Wildman–Crippen LogP) is 5.18. The number of aromatic nitrogens is 1. The number of benzene rings is 4. The second-order valence-electron chi connectivity index (χ2n) is 18.8. The quantitative estimate of drug-likeness (QED) is 0.0380. The van der Waals surface area contributed by atoms with Crippen LogP contribution in [0.5, 0.6) is 5.75 Å². The van der Waals surface area contributed by atoms with Gasteiger partial charge in [-0.15, -0.1) is 11.6 Å². The summed E-state index contributed by atoms with van der Waals surface area (Å²) in [6, 6.07) is 21.2. The Morgan fingerprint density at radius 3 is 2.21 bits per heavy atom. The average Bonchev–Trinajstić information content (AvgIpc) is 4.08. The van der Waals surface area contributed by atoms with Gasteiger partial charge in [0.1, 0.15) is 17.5 Å². The van der Waals surface area contributed by atoms with E-state index in [0.717, 1.165) is 34.3 Å². The number of hydrogen-bond donors (Lipinski definition) is 6. The minimum atomic E-state index is -0.881. The number of amides is 8. The van der Waals surface area contributed by atoms with Gasteiger partial charge in [0, 0.05) is 122 Å². The molecule has 6 N–H and O–H groups in total. The maximum Gasteiger partial charge on any atom is 0.415 e. The summed E-state index contributed by atoms with van der Waals surface area (Å²) < 4.78 is 6.05. The average molecular weight is 1020 g/mol. The van der Waals surface area contributed by atoms with E-state index in [1.165, 1.54) is 12.2 Å². The number of aromatic amines is 1. The van der Waals surface area contributed by atoms with Crippen molar-refractivity contribution in [2.75, 3.05) is 80.8 Å². The minimum Gasteiger partial charge on any atom is -0.409 e. The first-order chi connectivity index (χ1) is 35.1. The van der Waals surface area contributed by atoms with Gasteiger partial charge >= 0.3 is 6.09 Å². The summed E-state index contributed by atoms with van der Waals surface area (Å²) in [4.78, 5) is 113. The van der Waals surface area contributed by atoms with Crippen molar-refractivity contribution in [1.29, 1.82) is 0 Å². The molecule has 19 nitrogen and oxygen atoms in total. The Kier molecular flexibility index (Phi) is 16.2. The molecule has 1 fully saturated rings. The lowest BCUT2D eigenvalue weighted by Crippen LogP contribution is -2.53. The molecule has 73 heavy (non-hydrogen) atoms. The zero-order valence-electron chi connectivity index (χ0n) is 41.1. The van der Waals surface area contributed by atoms with Crippen LogP contribution in [0.15, 0.2) is 91.0 Å². The number of alkyl halides is 1. The first kappa shape index (κ1) is 51.7. The standard InChI is InChI=1S/C53H59ClN10O9/c1-31(2)48(60-49(68)32(3)55-19-20-56-44(65)10-7-21-63-45(66)17-18-46(63)67)51(70)57-36-13-11-33(12-14-36)50(69)58-37-15-16-40-34(26-37)27-41(59-40)52(71)64-30-35(29-54)47-39-9-6-5-8-38(39)43(28-42(47)64)73-53(72)62-24-22-61(4)23-25-62/h5-6,8-9,11-18,26-28,31-32,35,48,55,59H,7,10,19-25,29-30H2,1-4H3,(H,56,65)(H,57,70)(H,58,69)(H,60,68)/t32-,35+,48?/m0/s1. The number of rotatable bonds is 18. The molecule has 1 unspecified atom stereocenters. The molecule has 3 aliphatic rings. The zero-order valence-corrected chi connectivity index (χ0v) is 41.8. The van der Waals surface area contributed by atoms with Gasteiger partial charge in [0.05, 0.1) is 11.7 Å². The molecule has 0 saturated carbocycles. The summed E-state index contributed by atoms with van der Waals surface area (Å²) in [6.07, 6.45) is 2.41. The number of imide groups is 1. The smallest absolute Gasteiger partial charge is 0.409 e. The van der Waals surface area contributed by atoms with Gasteiger partial charge in [0.15, 0.2) is 0 Å². The predicted molar refractivity (Wildman–Crippen MR) is 278 cm³/mol. The second kappa shape index (κ2) is 22.9. The molecular weight excluding hydrogens is 956 g/mol. The highest BCUT2D eigenvalue weighted by Crippen LogP contribution is 2.46. The van der Waals surface area contributed by atoms with E-state index in [1.54, 1.807) is 85.2 Å². The van der Waals surface area contributed by atoms with Crippen LogP contribution in [0.4, 0.5) is 21.9 Å². The molecule has 1 saturated heterocycles. The van der Waals surface area contributed by atoms with Crippen molar-refractivity contribution in [1.82, 2.24) is 35.6 Å². The Morgan fingerprint density at radius 2 is 1.51 bits per heavy atom. The van der Waals surface area contributed by atoms with Crippen LogP contribution in [0.3, 0.4) is 0 Å². The number of carbonyl (C=O) groups excluding carboxylic acids is 8. The molecular formula is C53H59ClN10O9. The Labute approximate surface area is 426 Å². The van der Waals surface area contributed by atoms with Crippen LogP contribution in [-0.2, 0) is 24.0 Å². The third-order valence-corrected chi connectivity index (χ3v) is 13.6. The van der Waals surface area contributed by atoms with Crippen LogP contribution in [-0.4, -0.2) is 144 Å². The molecule has 0 radical (unpaired) electrons. The lowest BCUT2D eigenvalue weighted by atomic mass is 9.95. The summed E-state index contributed by atoms with van der Waals surface area (Å²) >= 11 is 6.55. The van der Waals surface area contributed by atoms with Crippen molar-refractivity contribution in [2.45, 2.75) is 51.6 Å². The van der Waals surface area contributed by atoms with Gasteiger partial charge in [-0.2, -0.15) is 0 Å². The van der Waals surface area contributed by atoms with Crippen molar-refractivity contribution < 1.29 is 43.1 Å². The van der Waals surface area contributed by atoms with Crippen LogP contribution >= 0.6 is 11.6 Å². The molecule has 0 aliphatic carbocycles. The molecule has 3 atom stereocenters. The highest BCUT2D eigenvalue weighted by Gasteiger charge is 2.36. The number of ether oxygens (including phenoxy) is 1. The summed E-state index contributed by atoms with van der Waals surface area (Å²) in [5.74, 6) is -2.39. The molecule has 20 heteroatoms. The van der Waals surface area contributed by atoms with E-state index in [9.17, 15) is 38.4 Å². The number of nitrogens with one attached hydrogen (secondary N) is 6. The molecule has 8 rings (SSSR count). The Morgan fingerprint density at radius 1 is 0.808 bits per heavy atom. The van der Waals surface area contributed by atoms with Crippen LogP contribution in [0.25, 0.3) is 21.7 Å². The number of nitrogens with zero attached hydrogens (tertiary/aromatic N) is 4. The fourth-order valence-corrected chi connectivity index (χ4v) is 9.35. The zero-order chi connectivity index (χ0) is 51.9. The monoisotopic (exact) mass is 1010 g/mol. The van der Waals surface area contributed by atoms with Gasteiger partial charge in [-0.1, -0.05) is 38.1 Å². The number of fused-ring (bicyclic) bond motifs is 4. The normalized spacial score (nSPS) is 16.5. The molecule has 8 amide bonds. The van der Waals surface area contributed by atoms with Crippen molar-refractivity contribution in [2.24, 2.45) is 5.92 Å². The summed E-state index contributed by atoms with van der Waals surface area (Å²) in [7, 11) is 2.01. The van der Waals surface area contributed by atoms with Gasteiger partial charge < -0.3 is 51.0 Å². The van der Waals surface area contributed by atoms with E-state index >= 15 is 0 Å². The molecule has 1 aromatic heterocycles. The van der Waals surface area contributed by atoms with Gasteiger partial charge in [-0.25, -0.2) is 4.79 Å². The number of halogens is 1. The van der Waals surface area contributed by atoms with Gasteiger partial charge in [-0.3, -0.25) is 38.5 Å². The lowest BCUT2D eigenvalue weighted by Gasteiger charge is -2.31. The van der Waals surface area contributed by atoms with Gasteiger partial charge in [0.25, 0.3) is 23.6 Å². The third kappa shape index (κ3) is 12.0. The highest BCUT2D eigenvalue weighted by molar-refractivity contribution is 6.19. The first-order valence-electron chi connectivity index (χ1n) is 24.4. The summed E-state index contributed by atoms with van der Waals surface area (Å²) in [5.41, 5.74) is 3.77. The molecule has 4 aromatic carbocycles. The third-order valence-electron chi connectivity index (χ3n) is 13.3. The van der Waals surface area contributed by atoms with Crippen molar-refractivity contribution in [3.05, 3.63) is 108 Å². The fourth-order valence-electron chi connectivity index (χ4n) is 9.10. The number of anilines is 3. The minimum absolute atomic E-state index is 0.126. The molecule has 382 valence electrons. The topological polar surface area (TPSA) is 235 Å². The largest absolute Gasteiger partial charge is 0.415 e. The van der Waals surface area contributed by atoms with E-state index in [-0.39, 0.29) is 55.6 Å². The lowest BCUT2D eigenvalue weighted by molar-refractivity contribution is -0.137. The molecule has 0 bridgehead atoms. The Balaban J connectivity index is 0.839. The van der Waals surface area contributed by atoms with Crippen molar-refractivity contribution in [3.63, 3.8) is 0 Å². The van der Waals surface area contributed by atoms with Crippen LogP contribution in [0, 0.1) is 5.92 Å². The number of likely N-dealkylation sites (N-methyl/N-ethyl adjacent to an activating group) is 1. The number of hydrogen-bond acceptors (Lipinski definition) is 11. The van der Waals surface area contributed by atoms with Gasteiger partial charge in [0.2, 0.25) is 17.7 Å². The number of H-pyrrole nitrogens is 1. The molecule has 4 heterocycles. The van der Waals surface area contributed by atoms with E-state index in [0.29, 0.717) is 71.0 Å². The van der Waals surface area contributed by atoms with Crippen LogP contribution in [0.1, 0.15) is 65.9 Å². The van der Waals surface area contributed by atoms with E-state index in [1.807, 2.05) is 31.3 Å². The van der Waals surface area contributed by atoms with Gasteiger partial charge in [-0.05, 0) is 85.8 Å². The molecule has 5 aromatic rings. The maximum atomic E-state index is 14.4. The van der Waals surface area contributed by atoms with E-state index in [4.69, 9.17) is 16.3 Å². The van der Waals surface area contributed by atoms with Crippen LogP contribution < -0.4 is 36.2 Å². The Bertz CT molecular complexity index is 2970. The maximum absolute atomic E-state index is 14.4. The molecule has 0 spiro atoms. The molecule has 3 aliphatic heterocycles. The van der Waals surface area contributed by atoms with E-state index in [2.05, 4.69) is 36.5 Å². The van der Waals surface area contributed by atoms with Crippen molar-refractivity contribution in [3.8, 4) is 5.75 Å². The SMILES string of the molecule is CC(C)C(NC(=O)[C@H](C)NCCNC(=O)CCCN1C(=O)C=CC1=O)C(=O)Nc1ccc(C(=O)Nc2ccc3[nH]c(C(=O)N4C[C@@H](CCl)c5c4cc(OC(=O)N4CCN(C)CC4)c4ccccc54)cc3c2)cc1. The van der Waals surface area contributed by atoms with Crippen LogP contribution in [0.2, 0.25) is 0 Å². The second-order valence-corrected chi connectivity index (χ2v) is 19.1. The summed E-state index contributed by atoms with van der Waals surface area (Å²) in [6.45, 7) is 8.83. The number of carbonyl (C=O) groups is 8. The fraction of sp³-hybridized carbons (Fsp3) is 0.358. The van der Waals surface area contributed by atoms with E-state index < -0.39 is 47.7 Å². The first-order valence-corrected chi connectivity index (χ1v) is 24.9. The summed E-state index contributed by atoms with van der Waals surface area (Å²) in [5, 5.41) is 16.6. The van der Waals surface area contributed by atoms with Crippen molar-refractivity contribution >= 4 is 97.8 Å².